The molecule has 0 saturated carbocycles. The number of fused-ring (bicyclic) bond motifs is 3. The summed E-state index contributed by atoms with van der Waals surface area (Å²) in [5.74, 6) is 0.851. The predicted octanol–water partition coefficient (Wildman–Crippen LogP) is 4.40. The summed E-state index contributed by atoms with van der Waals surface area (Å²) < 4.78 is 6.02. The molecule has 0 amide bonds. The zero-order valence-electron chi connectivity index (χ0n) is 15.2. The summed E-state index contributed by atoms with van der Waals surface area (Å²) in [5.41, 5.74) is 5.96. The van der Waals surface area contributed by atoms with Crippen LogP contribution in [0.25, 0.3) is 28.1 Å². The van der Waals surface area contributed by atoms with E-state index in [1.807, 2.05) is 43.5 Å². The van der Waals surface area contributed by atoms with Crippen molar-refractivity contribution in [2.45, 2.75) is 13.5 Å². The SMILES string of the molecule is [CH2][CH]n1ccc(-c2cc3c(ccc4nnc(C)n43)n2Cc2cccc(Cl)c2)n1. The molecular formula is C21H17ClN6. The van der Waals surface area contributed by atoms with Crippen molar-refractivity contribution >= 4 is 28.3 Å². The van der Waals surface area contributed by atoms with Crippen molar-refractivity contribution in [2.75, 3.05) is 0 Å². The van der Waals surface area contributed by atoms with E-state index in [2.05, 4.69) is 49.4 Å². The molecule has 0 aliphatic heterocycles. The zero-order chi connectivity index (χ0) is 19.3. The molecule has 6 nitrogen and oxygen atoms in total. The van der Waals surface area contributed by atoms with Crippen LogP contribution in [0.15, 0.2) is 54.7 Å². The van der Waals surface area contributed by atoms with Crippen LogP contribution in [0, 0.1) is 20.4 Å². The van der Waals surface area contributed by atoms with E-state index in [-0.39, 0.29) is 0 Å². The van der Waals surface area contributed by atoms with E-state index >= 15 is 0 Å². The first-order valence-corrected chi connectivity index (χ1v) is 9.28. The van der Waals surface area contributed by atoms with Gasteiger partial charge >= 0.3 is 0 Å². The Morgan fingerprint density at radius 3 is 2.75 bits per heavy atom. The molecule has 0 unspecified atom stereocenters. The largest absolute Gasteiger partial charge is 0.333 e. The molecule has 7 heteroatoms. The maximum Gasteiger partial charge on any atom is 0.161 e. The van der Waals surface area contributed by atoms with Crippen LogP contribution in [0.5, 0.6) is 0 Å². The molecule has 5 aromatic rings. The quantitative estimate of drug-likeness (QED) is 0.458. The highest BCUT2D eigenvalue weighted by Gasteiger charge is 2.17. The maximum atomic E-state index is 6.21. The lowest BCUT2D eigenvalue weighted by molar-refractivity contribution is 0.813. The van der Waals surface area contributed by atoms with Crippen molar-refractivity contribution in [1.29, 1.82) is 0 Å². The summed E-state index contributed by atoms with van der Waals surface area (Å²) in [7, 11) is 0. The van der Waals surface area contributed by atoms with Gasteiger partial charge in [0.2, 0.25) is 0 Å². The molecule has 1 aromatic carbocycles. The first-order valence-electron chi connectivity index (χ1n) is 8.90. The first kappa shape index (κ1) is 17.0. The lowest BCUT2D eigenvalue weighted by Gasteiger charge is -2.10. The average Bonchev–Trinajstić information content (AvgIpc) is 3.39. The minimum Gasteiger partial charge on any atom is -0.333 e. The normalized spacial score (nSPS) is 11.7. The van der Waals surface area contributed by atoms with Gasteiger partial charge in [-0.05, 0) is 55.8 Å². The van der Waals surface area contributed by atoms with Gasteiger partial charge in [0.25, 0.3) is 0 Å². The fraction of sp³-hybridized carbons (Fsp3) is 0.0952. The van der Waals surface area contributed by atoms with Crippen molar-refractivity contribution in [1.82, 2.24) is 28.9 Å². The van der Waals surface area contributed by atoms with Crippen LogP contribution in [0.2, 0.25) is 5.02 Å². The molecule has 4 aromatic heterocycles. The Labute approximate surface area is 167 Å². The van der Waals surface area contributed by atoms with E-state index in [9.17, 15) is 0 Å². The van der Waals surface area contributed by atoms with Crippen molar-refractivity contribution in [2.24, 2.45) is 0 Å². The van der Waals surface area contributed by atoms with E-state index in [4.69, 9.17) is 11.6 Å². The number of aryl methyl sites for hydroxylation is 1. The molecule has 0 aliphatic carbocycles. The molecule has 0 atom stereocenters. The van der Waals surface area contributed by atoms with E-state index < -0.39 is 0 Å². The monoisotopic (exact) mass is 388 g/mol. The number of nitrogens with zero attached hydrogens (tertiary/aromatic N) is 6. The van der Waals surface area contributed by atoms with Crippen molar-refractivity contribution < 1.29 is 0 Å². The van der Waals surface area contributed by atoms with E-state index in [0.29, 0.717) is 6.54 Å². The number of aromatic nitrogens is 6. The maximum absolute atomic E-state index is 6.21. The highest BCUT2D eigenvalue weighted by molar-refractivity contribution is 6.30. The summed E-state index contributed by atoms with van der Waals surface area (Å²) in [6.07, 6.45) is 1.89. The second-order valence-corrected chi connectivity index (χ2v) is 7.09. The van der Waals surface area contributed by atoms with Gasteiger partial charge in [-0.3, -0.25) is 9.08 Å². The van der Waals surface area contributed by atoms with E-state index in [1.165, 1.54) is 0 Å². The number of hydrogen-bond acceptors (Lipinski definition) is 3. The summed E-state index contributed by atoms with van der Waals surface area (Å²) in [4.78, 5) is 0. The highest BCUT2D eigenvalue weighted by atomic mass is 35.5. The van der Waals surface area contributed by atoms with Crippen molar-refractivity contribution in [3.8, 4) is 11.4 Å². The lowest BCUT2D eigenvalue weighted by atomic mass is 10.2. The fourth-order valence-electron chi connectivity index (χ4n) is 3.62. The van der Waals surface area contributed by atoms with Gasteiger partial charge in [-0.15, -0.1) is 10.2 Å². The van der Waals surface area contributed by atoms with Gasteiger partial charge in [-0.2, -0.15) is 5.10 Å². The minimum atomic E-state index is 0.674. The number of benzene rings is 1. The molecule has 4 heterocycles. The van der Waals surface area contributed by atoms with Gasteiger partial charge in [0.1, 0.15) is 11.5 Å². The number of rotatable bonds is 4. The van der Waals surface area contributed by atoms with Crippen LogP contribution < -0.4 is 0 Å². The number of pyridine rings is 1. The highest BCUT2D eigenvalue weighted by Crippen LogP contribution is 2.30. The molecular weight excluding hydrogens is 372 g/mol. The third-order valence-electron chi connectivity index (χ3n) is 4.89. The van der Waals surface area contributed by atoms with Crippen molar-refractivity contribution in [3.05, 3.63) is 84.6 Å². The number of halogens is 1. The molecule has 0 bridgehead atoms. The molecule has 0 aliphatic rings. The van der Waals surface area contributed by atoms with Crippen LogP contribution in [0.3, 0.4) is 0 Å². The van der Waals surface area contributed by atoms with Gasteiger partial charge in [0, 0.05) is 17.8 Å². The Morgan fingerprint density at radius 2 is 1.96 bits per heavy atom. The Kier molecular flexibility index (Phi) is 3.94. The van der Waals surface area contributed by atoms with Crippen LogP contribution in [0.1, 0.15) is 11.4 Å². The molecule has 0 N–H and O–H groups in total. The Balaban J connectivity index is 1.78. The Bertz CT molecular complexity index is 1310. The number of hydrogen-bond donors (Lipinski definition) is 0. The van der Waals surface area contributed by atoms with Gasteiger partial charge in [-0.1, -0.05) is 23.7 Å². The molecule has 0 fully saturated rings. The van der Waals surface area contributed by atoms with Gasteiger partial charge in [0.15, 0.2) is 5.65 Å². The van der Waals surface area contributed by atoms with Gasteiger partial charge in [0.05, 0.1) is 23.3 Å². The lowest BCUT2D eigenvalue weighted by Crippen LogP contribution is -2.03. The van der Waals surface area contributed by atoms with Crippen LogP contribution >= 0.6 is 11.6 Å². The molecule has 2 radical (unpaired) electrons. The second kappa shape index (κ2) is 6.49. The van der Waals surface area contributed by atoms with Crippen LogP contribution in [-0.4, -0.2) is 28.9 Å². The third-order valence-corrected chi connectivity index (χ3v) is 5.12. The molecule has 28 heavy (non-hydrogen) atoms. The van der Waals surface area contributed by atoms with Gasteiger partial charge in [-0.25, -0.2) is 0 Å². The molecule has 0 saturated heterocycles. The molecule has 138 valence electrons. The third kappa shape index (κ3) is 2.68. The van der Waals surface area contributed by atoms with Crippen LogP contribution in [-0.2, 0) is 6.54 Å². The minimum absolute atomic E-state index is 0.674. The van der Waals surface area contributed by atoms with E-state index in [1.54, 1.807) is 11.2 Å². The summed E-state index contributed by atoms with van der Waals surface area (Å²) in [5, 5.41) is 13.8. The smallest absolute Gasteiger partial charge is 0.161 e. The Morgan fingerprint density at radius 1 is 1.07 bits per heavy atom. The average molecular weight is 389 g/mol. The Hall–Kier alpha value is -3.12. The first-order chi connectivity index (χ1) is 13.6. The van der Waals surface area contributed by atoms with Crippen LogP contribution in [0.4, 0.5) is 0 Å². The molecule has 5 rings (SSSR count). The second-order valence-electron chi connectivity index (χ2n) is 6.65. The zero-order valence-corrected chi connectivity index (χ0v) is 16.0. The van der Waals surface area contributed by atoms with Gasteiger partial charge < -0.3 is 4.57 Å². The summed E-state index contributed by atoms with van der Waals surface area (Å²) in [6, 6.07) is 16.1. The predicted molar refractivity (Wildman–Crippen MR) is 110 cm³/mol. The summed E-state index contributed by atoms with van der Waals surface area (Å²) >= 11 is 6.21. The molecule has 0 spiro atoms. The van der Waals surface area contributed by atoms with E-state index in [0.717, 1.165) is 44.5 Å². The summed E-state index contributed by atoms with van der Waals surface area (Å²) in [6.45, 7) is 8.09. The fourth-order valence-corrected chi connectivity index (χ4v) is 3.83. The topological polar surface area (TPSA) is 52.9 Å². The van der Waals surface area contributed by atoms with Crippen molar-refractivity contribution in [3.63, 3.8) is 0 Å². The standard InChI is InChI=1S/C21H17ClN6/c1-3-26-10-9-17(25-26)19-12-20-18(7-8-21-24-23-14(2)28(20)21)27(19)13-15-5-4-6-16(22)11-15/h3-12H,1,13H2,2H3.